The second-order valence-corrected chi connectivity index (χ2v) is 8.57. The first-order valence-corrected chi connectivity index (χ1v) is 10.4. The topological polar surface area (TPSA) is 63.5 Å². The molecule has 0 aliphatic rings. The molecule has 2 aromatic carbocycles. The number of guanidine groups is 1. The number of imidazole rings is 1. The van der Waals surface area contributed by atoms with Gasteiger partial charge in [0.25, 0.3) is 0 Å². The van der Waals surface area contributed by atoms with Gasteiger partial charge in [-0.25, -0.2) is 4.98 Å². The molecule has 0 fully saturated rings. The average molecular weight is 408 g/mol. The maximum absolute atomic E-state index is 5.60. The predicted molar refractivity (Wildman–Crippen MR) is 124 cm³/mol. The lowest BCUT2D eigenvalue weighted by Crippen LogP contribution is -2.45. The van der Waals surface area contributed by atoms with Crippen molar-refractivity contribution >= 4 is 17.0 Å². The van der Waals surface area contributed by atoms with Gasteiger partial charge >= 0.3 is 0 Å². The second-order valence-electron chi connectivity index (χ2n) is 8.57. The Kier molecular flexibility index (Phi) is 7.11. The minimum absolute atomic E-state index is 0.0665. The van der Waals surface area contributed by atoms with E-state index in [0.29, 0.717) is 13.1 Å². The van der Waals surface area contributed by atoms with Gasteiger partial charge in [-0.2, -0.15) is 0 Å². The quantitative estimate of drug-likeness (QED) is 0.462. The standard InChI is InChI=1S/C24H33N5O/c1-24(2,3)22(30-5)15-27-23(25-4)26-14-18-10-12-19(13-11-18)16-29-17-28-20-8-6-7-9-21(20)29/h6-13,17,22H,14-16H2,1-5H3,(H2,25,26,27). The monoisotopic (exact) mass is 407 g/mol. The van der Waals surface area contributed by atoms with Gasteiger partial charge in [-0.05, 0) is 28.7 Å². The van der Waals surface area contributed by atoms with Gasteiger partial charge in [-0.15, -0.1) is 0 Å². The zero-order chi connectivity index (χ0) is 21.6. The van der Waals surface area contributed by atoms with Crippen molar-refractivity contribution in [1.29, 1.82) is 0 Å². The molecular weight excluding hydrogens is 374 g/mol. The van der Waals surface area contributed by atoms with Crippen molar-refractivity contribution in [2.24, 2.45) is 10.4 Å². The normalized spacial score (nSPS) is 13.4. The molecular formula is C24H33N5O. The Labute approximate surface area is 179 Å². The molecule has 0 saturated heterocycles. The fourth-order valence-corrected chi connectivity index (χ4v) is 3.43. The van der Waals surface area contributed by atoms with Crippen LogP contribution in [0.15, 0.2) is 59.9 Å². The van der Waals surface area contributed by atoms with E-state index in [9.17, 15) is 0 Å². The lowest BCUT2D eigenvalue weighted by atomic mass is 9.89. The van der Waals surface area contributed by atoms with Crippen LogP contribution in [-0.4, -0.2) is 42.3 Å². The summed E-state index contributed by atoms with van der Waals surface area (Å²) in [6, 6.07) is 16.9. The van der Waals surface area contributed by atoms with E-state index in [2.05, 4.69) is 76.3 Å². The van der Waals surface area contributed by atoms with Crippen molar-refractivity contribution in [3.05, 3.63) is 66.0 Å². The van der Waals surface area contributed by atoms with E-state index >= 15 is 0 Å². The van der Waals surface area contributed by atoms with E-state index in [0.717, 1.165) is 23.5 Å². The van der Waals surface area contributed by atoms with Crippen molar-refractivity contribution in [2.75, 3.05) is 20.7 Å². The molecule has 1 heterocycles. The summed E-state index contributed by atoms with van der Waals surface area (Å²) in [7, 11) is 3.54. The molecule has 0 amide bonds. The Bertz CT molecular complexity index is 969. The van der Waals surface area contributed by atoms with Crippen molar-refractivity contribution in [3.63, 3.8) is 0 Å². The molecule has 0 bridgehead atoms. The summed E-state index contributed by atoms with van der Waals surface area (Å²) in [6.45, 7) is 8.74. The van der Waals surface area contributed by atoms with Crippen molar-refractivity contribution in [3.8, 4) is 0 Å². The van der Waals surface area contributed by atoms with Gasteiger partial charge in [-0.1, -0.05) is 57.2 Å². The third-order valence-electron chi connectivity index (χ3n) is 5.29. The largest absolute Gasteiger partial charge is 0.379 e. The summed E-state index contributed by atoms with van der Waals surface area (Å²) in [5.41, 5.74) is 4.70. The molecule has 160 valence electrons. The number of nitrogens with zero attached hydrogens (tertiary/aromatic N) is 3. The van der Waals surface area contributed by atoms with Crippen LogP contribution in [0.2, 0.25) is 0 Å². The van der Waals surface area contributed by atoms with E-state index in [1.165, 1.54) is 11.1 Å². The summed E-state index contributed by atoms with van der Waals surface area (Å²) in [4.78, 5) is 8.78. The van der Waals surface area contributed by atoms with Crippen molar-refractivity contribution in [1.82, 2.24) is 20.2 Å². The second kappa shape index (κ2) is 9.76. The van der Waals surface area contributed by atoms with E-state index < -0.39 is 0 Å². The molecule has 3 rings (SSSR count). The fourth-order valence-electron chi connectivity index (χ4n) is 3.43. The molecule has 1 atom stereocenters. The minimum Gasteiger partial charge on any atom is -0.379 e. The summed E-state index contributed by atoms with van der Waals surface area (Å²) in [5, 5.41) is 6.73. The molecule has 2 N–H and O–H groups in total. The molecule has 0 aliphatic heterocycles. The average Bonchev–Trinajstić information content (AvgIpc) is 3.14. The highest BCUT2D eigenvalue weighted by Crippen LogP contribution is 2.21. The SMILES string of the molecule is CN=C(NCc1ccc(Cn2cnc3ccccc32)cc1)NCC(OC)C(C)(C)C. The van der Waals surface area contributed by atoms with Crippen LogP contribution in [0.5, 0.6) is 0 Å². The first-order chi connectivity index (χ1) is 14.4. The van der Waals surface area contributed by atoms with Gasteiger partial charge in [0, 0.05) is 33.8 Å². The zero-order valence-electron chi connectivity index (χ0n) is 18.6. The molecule has 30 heavy (non-hydrogen) atoms. The van der Waals surface area contributed by atoms with Gasteiger partial charge in [0.1, 0.15) is 0 Å². The smallest absolute Gasteiger partial charge is 0.191 e. The first-order valence-electron chi connectivity index (χ1n) is 10.4. The molecule has 1 unspecified atom stereocenters. The number of rotatable bonds is 7. The Balaban J connectivity index is 1.53. The molecule has 6 heteroatoms. The number of methoxy groups -OCH3 is 1. The number of hydrogen-bond donors (Lipinski definition) is 2. The number of nitrogens with one attached hydrogen (secondary N) is 2. The molecule has 0 radical (unpaired) electrons. The fraction of sp³-hybridized carbons (Fsp3) is 0.417. The summed E-state index contributed by atoms with van der Waals surface area (Å²) in [5.74, 6) is 0.773. The van der Waals surface area contributed by atoms with E-state index in [1.54, 1.807) is 14.2 Å². The van der Waals surface area contributed by atoms with Gasteiger partial charge in [0.05, 0.1) is 23.5 Å². The lowest BCUT2D eigenvalue weighted by Gasteiger charge is -2.30. The third kappa shape index (κ3) is 5.60. The van der Waals surface area contributed by atoms with E-state index in [4.69, 9.17) is 4.74 Å². The Hall–Kier alpha value is -2.86. The Morgan fingerprint density at radius 1 is 1.07 bits per heavy atom. The van der Waals surface area contributed by atoms with Crippen LogP contribution in [-0.2, 0) is 17.8 Å². The number of ether oxygens (including phenoxy) is 1. The van der Waals surface area contributed by atoms with Crippen LogP contribution >= 0.6 is 0 Å². The highest BCUT2D eigenvalue weighted by molar-refractivity contribution is 5.79. The van der Waals surface area contributed by atoms with E-state index in [1.807, 2.05) is 24.5 Å². The lowest BCUT2D eigenvalue weighted by molar-refractivity contribution is 0.0205. The van der Waals surface area contributed by atoms with Crippen LogP contribution in [0.1, 0.15) is 31.9 Å². The summed E-state index contributed by atoms with van der Waals surface area (Å²) >= 11 is 0. The molecule has 3 aromatic rings. The number of benzene rings is 2. The van der Waals surface area contributed by atoms with Gasteiger partial charge in [0.2, 0.25) is 0 Å². The van der Waals surface area contributed by atoms with Crippen molar-refractivity contribution < 1.29 is 4.74 Å². The van der Waals surface area contributed by atoms with Crippen LogP contribution in [0.25, 0.3) is 11.0 Å². The Morgan fingerprint density at radius 2 is 1.77 bits per heavy atom. The van der Waals surface area contributed by atoms with Crippen molar-refractivity contribution in [2.45, 2.75) is 40.0 Å². The minimum atomic E-state index is 0.0665. The molecule has 0 aliphatic carbocycles. The molecule has 6 nitrogen and oxygen atoms in total. The number of aliphatic imine (C=N–C) groups is 1. The number of fused-ring (bicyclic) bond motifs is 1. The van der Waals surface area contributed by atoms with E-state index in [-0.39, 0.29) is 11.5 Å². The highest BCUT2D eigenvalue weighted by Gasteiger charge is 2.24. The number of para-hydroxylation sites is 2. The van der Waals surface area contributed by atoms with Gasteiger partial charge < -0.3 is 19.9 Å². The zero-order valence-corrected chi connectivity index (χ0v) is 18.6. The number of hydrogen-bond acceptors (Lipinski definition) is 3. The third-order valence-corrected chi connectivity index (χ3v) is 5.29. The predicted octanol–water partition coefficient (Wildman–Crippen LogP) is 3.81. The first kappa shape index (κ1) is 21.8. The molecule has 0 spiro atoms. The maximum Gasteiger partial charge on any atom is 0.191 e. The maximum atomic E-state index is 5.60. The van der Waals surface area contributed by atoms with Crippen LogP contribution in [0, 0.1) is 5.41 Å². The molecule has 1 aromatic heterocycles. The summed E-state index contributed by atoms with van der Waals surface area (Å²) < 4.78 is 7.78. The van der Waals surface area contributed by atoms with Gasteiger partial charge in [0.15, 0.2) is 5.96 Å². The highest BCUT2D eigenvalue weighted by atomic mass is 16.5. The van der Waals surface area contributed by atoms with Crippen LogP contribution in [0.4, 0.5) is 0 Å². The Morgan fingerprint density at radius 3 is 2.43 bits per heavy atom. The van der Waals surface area contributed by atoms with Crippen LogP contribution < -0.4 is 10.6 Å². The van der Waals surface area contributed by atoms with Gasteiger partial charge in [-0.3, -0.25) is 4.99 Å². The molecule has 0 saturated carbocycles. The number of aromatic nitrogens is 2. The van der Waals surface area contributed by atoms with Crippen LogP contribution in [0.3, 0.4) is 0 Å². The summed E-state index contributed by atoms with van der Waals surface area (Å²) in [6.07, 6.45) is 2.01.